The number of carbonyl (C=O) groups excluding carboxylic acids is 4. The Labute approximate surface area is 123 Å². The van der Waals surface area contributed by atoms with Gasteiger partial charge in [0, 0.05) is 26.9 Å². The molecule has 8 nitrogen and oxygen atoms in total. The summed E-state index contributed by atoms with van der Waals surface area (Å²) in [5.41, 5.74) is 0. The molecule has 0 aromatic heterocycles. The lowest BCUT2D eigenvalue weighted by atomic mass is 10.2. The van der Waals surface area contributed by atoms with Crippen LogP contribution in [0, 0.1) is 0 Å². The lowest BCUT2D eigenvalue weighted by Crippen LogP contribution is -2.36. The molecule has 0 aromatic rings. The number of esters is 1. The number of rotatable bonds is 9. The number of likely N-dealkylation sites (N-methyl/N-ethyl adjacent to an activating group) is 1. The molecule has 2 N–H and O–H groups in total. The lowest BCUT2D eigenvalue weighted by Gasteiger charge is -2.15. The van der Waals surface area contributed by atoms with Crippen LogP contribution in [0.5, 0.6) is 0 Å². The van der Waals surface area contributed by atoms with E-state index in [2.05, 4.69) is 5.32 Å². The zero-order valence-corrected chi connectivity index (χ0v) is 12.5. The van der Waals surface area contributed by atoms with E-state index in [-0.39, 0.29) is 25.3 Å². The molecule has 0 aliphatic carbocycles. The van der Waals surface area contributed by atoms with E-state index in [1.165, 1.54) is 20.9 Å². The summed E-state index contributed by atoms with van der Waals surface area (Å²) in [6, 6.07) is 0. The van der Waals surface area contributed by atoms with Crippen molar-refractivity contribution in [2.75, 3.05) is 26.7 Å². The van der Waals surface area contributed by atoms with Gasteiger partial charge in [0.1, 0.15) is 6.61 Å². The van der Waals surface area contributed by atoms with Crippen molar-refractivity contribution >= 4 is 23.6 Å². The van der Waals surface area contributed by atoms with Gasteiger partial charge in [-0.15, -0.1) is 0 Å². The van der Waals surface area contributed by atoms with Gasteiger partial charge >= 0.3 is 5.97 Å². The predicted octanol–water partition coefficient (Wildman–Crippen LogP) is -1.15. The van der Waals surface area contributed by atoms with Gasteiger partial charge < -0.3 is 20.1 Å². The first-order valence-corrected chi connectivity index (χ1v) is 6.59. The minimum Gasteiger partial charge on any atom is -0.453 e. The standard InChI is InChI=1S/C13H22N2O6/c1-9(21-10(2)17)13(20)14-6-4-5-11(18)7-15(3)12(19)8-16/h9,16H,4-8H2,1-3H3,(H,14,20). The zero-order valence-electron chi connectivity index (χ0n) is 12.5. The Kier molecular flexibility index (Phi) is 8.95. The molecular weight excluding hydrogens is 280 g/mol. The molecule has 0 aliphatic heterocycles. The van der Waals surface area contributed by atoms with E-state index < -0.39 is 30.5 Å². The van der Waals surface area contributed by atoms with Gasteiger partial charge in [0.05, 0.1) is 6.54 Å². The number of Topliss-reactive ketones (excluding diaryl/α,β-unsaturated/α-hetero) is 1. The van der Waals surface area contributed by atoms with Gasteiger partial charge in [-0.2, -0.15) is 0 Å². The van der Waals surface area contributed by atoms with E-state index >= 15 is 0 Å². The summed E-state index contributed by atoms with van der Waals surface area (Å²) in [5, 5.41) is 11.2. The molecule has 120 valence electrons. The number of hydrogen-bond donors (Lipinski definition) is 2. The van der Waals surface area contributed by atoms with Crippen molar-refractivity contribution in [3.05, 3.63) is 0 Å². The third kappa shape index (κ3) is 8.74. The molecule has 0 radical (unpaired) electrons. The van der Waals surface area contributed by atoms with Gasteiger partial charge in [0.25, 0.3) is 5.91 Å². The van der Waals surface area contributed by atoms with Crippen LogP contribution in [-0.2, 0) is 23.9 Å². The van der Waals surface area contributed by atoms with Crippen LogP contribution >= 0.6 is 0 Å². The normalized spacial score (nSPS) is 11.4. The number of carbonyl (C=O) groups is 4. The summed E-state index contributed by atoms with van der Waals surface area (Å²) in [5.74, 6) is -1.65. The summed E-state index contributed by atoms with van der Waals surface area (Å²) in [4.78, 5) is 45.9. The number of aliphatic hydroxyl groups excluding tert-OH is 1. The number of nitrogens with zero attached hydrogens (tertiary/aromatic N) is 1. The minimum absolute atomic E-state index is 0.0722. The van der Waals surface area contributed by atoms with Crippen LogP contribution in [0.2, 0.25) is 0 Å². The Hall–Kier alpha value is -1.96. The van der Waals surface area contributed by atoms with Gasteiger partial charge in [-0.25, -0.2) is 0 Å². The average Bonchev–Trinajstić information content (AvgIpc) is 2.41. The third-order valence-corrected chi connectivity index (χ3v) is 2.62. The highest BCUT2D eigenvalue weighted by Gasteiger charge is 2.15. The highest BCUT2D eigenvalue weighted by atomic mass is 16.5. The molecule has 0 saturated carbocycles. The van der Waals surface area contributed by atoms with Crippen molar-refractivity contribution in [3.8, 4) is 0 Å². The summed E-state index contributed by atoms with van der Waals surface area (Å²) in [7, 11) is 1.43. The maximum absolute atomic E-state index is 11.5. The second kappa shape index (κ2) is 9.87. The van der Waals surface area contributed by atoms with Crippen LogP contribution in [0.1, 0.15) is 26.7 Å². The number of ketones is 1. The second-order valence-electron chi connectivity index (χ2n) is 4.59. The molecule has 0 spiro atoms. The smallest absolute Gasteiger partial charge is 0.303 e. The second-order valence-corrected chi connectivity index (χ2v) is 4.59. The molecular formula is C13H22N2O6. The van der Waals surface area contributed by atoms with Crippen LogP contribution in [0.3, 0.4) is 0 Å². The maximum Gasteiger partial charge on any atom is 0.303 e. The summed E-state index contributed by atoms with van der Waals surface area (Å²) < 4.78 is 4.70. The van der Waals surface area contributed by atoms with Crippen molar-refractivity contribution in [1.82, 2.24) is 10.2 Å². The van der Waals surface area contributed by atoms with E-state index in [9.17, 15) is 19.2 Å². The van der Waals surface area contributed by atoms with Crippen LogP contribution in [-0.4, -0.2) is 66.4 Å². The zero-order chi connectivity index (χ0) is 16.4. The quantitative estimate of drug-likeness (QED) is 0.411. The Bertz CT molecular complexity index is 396. The summed E-state index contributed by atoms with van der Waals surface area (Å²) in [6.45, 7) is 2.24. The number of ether oxygens (including phenoxy) is 1. The Morgan fingerprint density at radius 1 is 1.29 bits per heavy atom. The molecule has 0 heterocycles. The van der Waals surface area contributed by atoms with Crippen LogP contribution < -0.4 is 5.32 Å². The molecule has 0 bridgehead atoms. The number of aliphatic hydroxyl groups is 1. The molecule has 1 atom stereocenters. The number of amides is 2. The molecule has 0 aromatic carbocycles. The first-order valence-electron chi connectivity index (χ1n) is 6.59. The van der Waals surface area contributed by atoms with Crippen molar-refractivity contribution in [2.24, 2.45) is 0 Å². The first-order chi connectivity index (χ1) is 9.77. The SMILES string of the molecule is CC(=O)OC(C)C(=O)NCCCC(=O)CN(C)C(=O)CO. The number of nitrogens with one attached hydrogen (secondary N) is 1. The topological polar surface area (TPSA) is 113 Å². The molecule has 0 saturated heterocycles. The molecule has 21 heavy (non-hydrogen) atoms. The molecule has 1 unspecified atom stereocenters. The van der Waals surface area contributed by atoms with Crippen LogP contribution in [0.25, 0.3) is 0 Å². The van der Waals surface area contributed by atoms with Gasteiger partial charge in [-0.3, -0.25) is 19.2 Å². The third-order valence-electron chi connectivity index (χ3n) is 2.62. The van der Waals surface area contributed by atoms with Gasteiger partial charge in [0.2, 0.25) is 5.91 Å². The van der Waals surface area contributed by atoms with Gasteiger partial charge in [-0.1, -0.05) is 0 Å². The molecule has 0 aliphatic rings. The lowest BCUT2D eigenvalue weighted by molar-refractivity contribution is -0.152. The predicted molar refractivity (Wildman–Crippen MR) is 73.2 cm³/mol. The van der Waals surface area contributed by atoms with E-state index in [0.717, 1.165) is 4.90 Å². The van der Waals surface area contributed by atoms with E-state index in [4.69, 9.17) is 9.84 Å². The largest absolute Gasteiger partial charge is 0.453 e. The summed E-state index contributed by atoms with van der Waals surface area (Å²) >= 11 is 0. The first kappa shape index (κ1) is 19.0. The monoisotopic (exact) mass is 302 g/mol. The highest BCUT2D eigenvalue weighted by molar-refractivity contribution is 5.86. The molecule has 2 amide bonds. The minimum atomic E-state index is -0.869. The fraction of sp³-hybridized carbons (Fsp3) is 0.692. The fourth-order valence-electron chi connectivity index (χ4n) is 1.50. The van der Waals surface area contributed by atoms with Gasteiger partial charge in [0.15, 0.2) is 11.9 Å². The van der Waals surface area contributed by atoms with Crippen molar-refractivity contribution in [2.45, 2.75) is 32.8 Å². The molecule has 0 rings (SSSR count). The van der Waals surface area contributed by atoms with E-state index in [1.54, 1.807) is 0 Å². The van der Waals surface area contributed by atoms with Crippen molar-refractivity contribution in [3.63, 3.8) is 0 Å². The summed E-state index contributed by atoms with van der Waals surface area (Å²) in [6.07, 6.45) is -0.254. The average molecular weight is 302 g/mol. The fourth-order valence-corrected chi connectivity index (χ4v) is 1.50. The maximum atomic E-state index is 11.5. The van der Waals surface area contributed by atoms with Gasteiger partial charge in [-0.05, 0) is 13.3 Å². The van der Waals surface area contributed by atoms with Crippen molar-refractivity contribution in [1.29, 1.82) is 0 Å². The Morgan fingerprint density at radius 2 is 1.90 bits per heavy atom. The van der Waals surface area contributed by atoms with Crippen molar-refractivity contribution < 1.29 is 29.0 Å². The van der Waals surface area contributed by atoms with E-state index in [0.29, 0.717) is 6.42 Å². The molecule has 8 heteroatoms. The highest BCUT2D eigenvalue weighted by Crippen LogP contribution is 1.95. The van der Waals surface area contributed by atoms with Crippen LogP contribution in [0.4, 0.5) is 0 Å². The van der Waals surface area contributed by atoms with E-state index in [1.807, 2.05) is 0 Å². The molecule has 0 fully saturated rings. The Morgan fingerprint density at radius 3 is 2.43 bits per heavy atom. The number of hydrogen-bond acceptors (Lipinski definition) is 6. The Balaban J connectivity index is 3.85. The van der Waals surface area contributed by atoms with Crippen LogP contribution in [0.15, 0.2) is 0 Å².